The number of aromatic nitrogens is 3. The van der Waals surface area contributed by atoms with Gasteiger partial charge in [0.1, 0.15) is 0 Å². The summed E-state index contributed by atoms with van der Waals surface area (Å²) in [7, 11) is 0. The Balaban J connectivity index is 1.20. The van der Waals surface area contributed by atoms with Crippen LogP contribution in [0, 0.1) is 0 Å². The Labute approximate surface area is 294 Å². The third-order valence-corrected chi connectivity index (χ3v) is 11.1. The zero-order valence-electron chi connectivity index (χ0n) is 27.0. The van der Waals surface area contributed by atoms with Crippen LogP contribution in [0.5, 0.6) is 0 Å². The quantitative estimate of drug-likeness (QED) is 0.185. The minimum Gasteiger partial charge on any atom is -0.208 e. The van der Waals surface area contributed by atoms with Gasteiger partial charge in [-0.25, -0.2) is 15.0 Å². The van der Waals surface area contributed by atoms with Gasteiger partial charge in [0.05, 0.1) is 5.41 Å². The number of rotatable bonds is 5. The first-order valence-corrected chi connectivity index (χ1v) is 17.7. The highest BCUT2D eigenvalue weighted by Gasteiger charge is 2.46. The van der Waals surface area contributed by atoms with E-state index < -0.39 is 5.41 Å². The lowest BCUT2D eigenvalue weighted by Gasteiger charge is -2.33. The van der Waals surface area contributed by atoms with E-state index in [-0.39, 0.29) is 0 Å². The first-order valence-electron chi connectivity index (χ1n) is 16.9. The molecule has 50 heavy (non-hydrogen) atoms. The van der Waals surface area contributed by atoms with E-state index in [0.717, 1.165) is 16.7 Å². The Hall–Kier alpha value is -6.23. The van der Waals surface area contributed by atoms with E-state index in [2.05, 4.69) is 115 Å². The van der Waals surface area contributed by atoms with Crippen molar-refractivity contribution in [3.8, 4) is 45.3 Å². The summed E-state index contributed by atoms with van der Waals surface area (Å²) in [4.78, 5) is 15.0. The van der Waals surface area contributed by atoms with Crippen LogP contribution in [0.4, 0.5) is 0 Å². The van der Waals surface area contributed by atoms with Gasteiger partial charge in [0, 0.05) is 36.9 Å². The fourth-order valence-electron chi connectivity index (χ4n) is 7.79. The first kappa shape index (κ1) is 28.8. The second kappa shape index (κ2) is 11.4. The number of thiophene rings is 1. The van der Waals surface area contributed by atoms with Gasteiger partial charge in [0.25, 0.3) is 0 Å². The maximum absolute atomic E-state index is 5.03. The summed E-state index contributed by atoms with van der Waals surface area (Å²) in [5, 5.41) is 2.46. The lowest BCUT2D eigenvalue weighted by Crippen LogP contribution is -2.28. The molecule has 1 aliphatic rings. The zero-order valence-corrected chi connectivity index (χ0v) is 27.8. The van der Waals surface area contributed by atoms with E-state index in [1.165, 1.54) is 53.6 Å². The van der Waals surface area contributed by atoms with Gasteiger partial charge in [0.2, 0.25) is 0 Å². The van der Waals surface area contributed by atoms with Gasteiger partial charge < -0.3 is 0 Å². The van der Waals surface area contributed by atoms with Crippen molar-refractivity contribution in [3.05, 3.63) is 198 Å². The summed E-state index contributed by atoms with van der Waals surface area (Å²) in [5.41, 5.74) is 10.2. The molecule has 0 spiro atoms. The smallest absolute Gasteiger partial charge is 0.164 e. The number of hydrogen-bond acceptors (Lipinski definition) is 4. The monoisotopic (exact) mass is 655 g/mol. The highest BCUT2D eigenvalue weighted by atomic mass is 32.1. The van der Waals surface area contributed by atoms with E-state index in [1.807, 2.05) is 72.0 Å². The molecule has 0 unspecified atom stereocenters. The van der Waals surface area contributed by atoms with Crippen molar-refractivity contribution in [1.82, 2.24) is 15.0 Å². The molecule has 0 saturated carbocycles. The minimum atomic E-state index is -0.420. The summed E-state index contributed by atoms with van der Waals surface area (Å²) >= 11 is 1.85. The van der Waals surface area contributed by atoms with Crippen LogP contribution in [-0.4, -0.2) is 15.0 Å². The van der Waals surface area contributed by atoms with Crippen molar-refractivity contribution in [2.24, 2.45) is 0 Å². The van der Waals surface area contributed by atoms with Crippen LogP contribution in [0.3, 0.4) is 0 Å². The maximum Gasteiger partial charge on any atom is 0.164 e. The van der Waals surface area contributed by atoms with Crippen LogP contribution in [0.25, 0.3) is 65.5 Å². The van der Waals surface area contributed by atoms with E-state index in [1.54, 1.807) is 0 Å². The third-order valence-electron chi connectivity index (χ3n) is 10.0. The predicted molar refractivity (Wildman–Crippen MR) is 206 cm³/mol. The molecule has 10 rings (SSSR count). The molecule has 0 radical (unpaired) electrons. The molecule has 0 bridgehead atoms. The summed E-state index contributed by atoms with van der Waals surface area (Å²) < 4.78 is 2.51. The van der Waals surface area contributed by atoms with Gasteiger partial charge in [-0.1, -0.05) is 146 Å². The largest absolute Gasteiger partial charge is 0.208 e. The van der Waals surface area contributed by atoms with Gasteiger partial charge >= 0.3 is 0 Å². The van der Waals surface area contributed by atoms with Crippen LogP contribution < -0.4 is 0 Å². The molecule has 0 fully saturated rings. The summed E-state index contributed by atoms with van der Waals surface area (Å²) in [6.45, 7) is 0. The maximum atomic E-state index is 5.03. The first-order chi connectivity index (χ1) is 24.8. The summed E-state index contributed by atoms with van der Waals surface area (Å²) in [6, 6.07) is 62.7. The summed E-state index contributed by atoms with van der Waals surface area (Å²) in [5.74, 6) is 1.99. The van der Waals surface area contributed by atoms with E-state index >= 15 is 0 Å². The molecular formula is C46H29N3S. The van der Waals surface area contributed by atoms with Gasteiger partial charge in [-0.05, 0) is 63.7 Å². The van der Waals surface area contributed by atoms with Crippen molar-refractivity contribution >= 4 is 31.5 Å². The zero-order chi connectivity index (χ0) is 33.1. The Morgan fingerprint density at radius 3 is 1.46 bits per heavy atom. The topological polar surface area (TPSA) is 38.7 Å². The average molecular weight is 656 g/mol. The van der Waals surface area contributed by atoms with Gasteiger partial charge in [-0.2, -0.15) is 0 Å². The molecular weight excluding hydrogens is 627 g/mol. The Morgan fingerprint density at radius 1 is 0.360 bits per heavy atom. The molecule has 1 aliphatic carbocycles. The molecule has 0 atom stereocenters. The fourth-order valence-corrected chi connectivity index (χ4v) is 8.90. The number of benzene rings is 7. The number of fused-ring (bicyclic) bond motifs is 6. The molecule has 2 aromatic heterocycles. The van der Waals surface area contributed by atoms with Gasteiger partial charge in [0.15, 0.2) is 17.5 Å². The molecule has 4 heteroatoms. The molecule has 0 aliphatic heterocycles. The Morgan fingerprint density at radius 2 is 0.860 bits per heavy atom. The molecule has 2 heterocycles. The Bertz CT molecular complexity index is 2590. The van der Waals surface area contributed by atoms with Crippen molar-refractivity contribution in [2.75, 3.05) is 0 Å². The van der Waals surface area contributed by atoms with Gasteiger partial charge in [-0.3, -0.25) is 0 Å². The molecule has 0 amide bonds. The van der Waals surface area contributed by atoms with E-state index in [4.69, 9.17) is 15.0 Å². The lowest BCUT2D eigenvalue weighted by molar-refractivity contribution is 0.770. The van der Waals surface area contributed by atoms with Crippen LogP contribution in [0.2, 0.25) is 0 Å². The number of hydrogen-bond donors (Lipinski definition) is 0. The second-order valence-corrected chi connectivity index (χ2v) is 13.9. The van der Waals surface area contributed by atoms with Crippen molar-refractivity contribution < 1.29 is 0 Å². The SMILES string of the molecule is c1ccc(-c2nc(-c3ccccc3)nc(-c3ccc4sc5cc6c(cc5c4c3)-c3ccccc3C6(c3ccccc3)c3ccccc3)n2)cc1. The van der Waals surface area contributed by atoms with E-state index in [9.17, 15) is 0 Å². The van der Waals surface area contributed by atoms with Crippen molar-refractivity contribution in [3.63, 3.8) is 0 Å². The predicted octanol–water partition coefficient (Wildman–Crippen LogP) is 11.6. The lowest BCUT2D eigenvalue weighted by atomic mass is 9.68. The molecule has 0 saturated heterocycles. The standard InChI is InChI=1S/C46H29N3S/c1-5-15-30(16-6-1)43-47-44(31-17-7-2-8-18-31)49-45(48-43)32-25-26-41-37(27-32)38-28-36-35-23-13-14-24-39(35)46(33-19-9-3-10-20-33,34-21-11-4-12-22-34)40(36)29-42(38)50-41/h1-29H. The van der Waals surface area contributed by atoms with Crippen molar-refractivity contribution in [1.29, 1.82) is 0 Å². The van der Waals surface area contributed by atoms with E-state index in [0.29, 0.717) is 17.5 Å². The average Bonchev–Trinajstić information content (AvgIpc) is 3.70. The van der Waals surface area contributed by atoms with Gasteiger partial charge in [-0.15, -0.1) is 11.3 Å². The normalized spacial score (nSPS) is 13.0. The van der Waals surface area contributed by atoms with Crippen LogP contribution in [-0.2, 0) is 5.41 Å². The second-order valence-electron chi connectivity index (χ2n) is 12.8. The molecule has 7 aromatic carbocycles. The van der Waals surface area contributed by atoms with Crippen LogP contribution >= 0.6 is 11.3 Å². The molecule has 0 N–H and O–H groups in total. The highest BCUT2D eigenvalue weighted by molar-refractivity contribution is 7.25. The highest BCUT2D eigenvalue weighted by Crippen LogP contribution is 2.57. The molecule has 3 nitrogen and oxygen atoms in total. The van der Waals surface area contributed by atoms with Crippen LogP contribution in [0.1, 0.15) is 22.3 Å². The van der Waals surface area contributed by atoms with Crippen LogP contribution in [0.15, 0.2) is 176 Å². The Kier molecular flexibility index (Phi) is 6.58. The third kappa shape index (κ3) is 4.39. The van der Waals surface area contributed by atoms with Crippen molar-refractivity contribution in [2.45, 2.75) is 5.41 Å². The molecule has 9 aromatic rings. The molecule has 234 valence electrons. The minimum absolute atomic E-state index is 0.420. The summed E-state index contributed by atoms with van der Waals surface area (Å²) in [6.07, 6.45) is 0. The number of nitrogens with zero attached hydrogens (tertiary/aromatic N) is 3. The fraction of sp³-hybridized carbons (Fsp3) is 0.0217.